The van der Waals surface area contributed by atoms with Gasteiger partial charge in [0.15, 0.2) is 0 Å². The van der Waals surface area contributed by atoms with E-state index in [0.29, 0.717) is 0 Å². The molecule has 0 saturated carbocycles. The second kappa shape index (κ2) is 6.28. The Balaban J connectivity index is 2.18. The maximum atomic E-state index is 12.6. The molecule has 0 amide bonds. The summed E-state index contributed by atoms with van der Waals surface area (Å²) in [5.41, 5.74) is 0. The van der Waals surface area contributed by atoms with Gasteiger partial charge in [-0.3, -0.25) is 0 Å². The van der Waals surface area contributed by atoms with Crippen molar-refractivity contribution in [3.05, 3.63) is 60.7 Å². The van der Waals surface area contributed by atoms with Crippen molar-refractivity contribution in [1.29, 1.82) is 0 Å². The van der Waals surface area contributed by atoms with Gasteiger partial charge in [-0.25, -0.2) is 0 Å². The molecule has 0 bridgehead atoms. The lowest BCUT2D eigenvalue weighted by Gasteiger charge is -2.20. The Hall–Kier alpha value is -1.96. The Bertz CT molecular complexity index is 450. The number of hydrogen-bond acceptors (Lipinski definition) is 4. The molecule has 0 aliphatic carbocycles. The summed E-state index contributed by atoms with van der Waals surface area (Å²) >= 11 is 0. The largest absolute Gasteiger partial charge is 0.885 e. The summed E-state index contributed by atoms with van der Waals surface area (Å²) in [5, 5.41) is 0. The van der Waals surface area contributed by atoms with Crippen LogP contribution in [0.2, 0.25) is 0 Å². The fourth-order valence-electron chi connectivity index (χ4n) is 1.36. The lowest BCUT2D eigenvalue weighted by atomic mass is 10.3. The smallest absolute Gasteiger partial charge is 0.468 e. The zero-order valence-electron chi connectivity index (χ0n) is 9.66. The van der Waals surface area contributed by atoms with Crippen LogP contribution in [0.4, 0.5) is 9.05 Å². The summed E-state index contributed by atoms with van der Waals surface area (Å²) in [6.45, 7) is 0. The Labute approximate surface area is 109 Å². The quantitative estimate of drug-likeness (QED) is 0.762. The van der Waals surface area contributed by atoms with Crippen LogP contribution in [0.25, 0.3) is 0 Å². The van der Waals surface area contributed by atoms with Crippen LogP contribution in [0.5, 0.6) is 11.5 Å². The minimum Gasteiger partial charge on any atom is -0.468 e. The summed E-state index contributed by atoms with van der Waals surface area (Å²) in [7, 11) is -4.56. The molecule has 0 spiro atoms. The Morgan fingerprint density at radius 2 is 1.00 bits per heavy atom. The molecule has 2 rings (SSSR count). The SMILES string of the molecule is FO[Si](OF)(Oc1ccccc1)Oc1ccccc1. The molecule has 0 heterocycles. The normalized spacial score (nSPS) is 11.1. The van der Waals surface area contributed by atoms with Crippen molar-refractivity contribution in [2.24, 2.45) is 0 Å². The van der Waals surface area contributed by atoms with Crippen LogP contribution in [-0.4, -0.2) is 9.05 Å². The summed E-state index contributed by atoms with van der Waals surface area (Å²) in [5.74, 6) is 0.334. The van der Waals surface area contributed by atoms with E-state index in [1.165, 1.54) is 24.3 Å². The highest BCUT2D eigenvalue weighted by molar-refractivity contribution is 6.54. The minimum absolute atomic E-state index is 0.167. The van der Waals surface area contributed by atoms with E-state index >= 15 is 0 Å². The van der Waals surface area contributed by atoms with Gasteiger partial charge in [0.1, 0.15) is 11.5 Å². The van der Waals surface area contributed by atoms with E-state index in [2.05, 4.69) is 9.26 Å². The van der Waals surface area contributed by atoms with E-state index in [1.807, 2.05) is 0 Å². The monoisotopic (exact) mass is 284 g/mol. The number of hydrogen-bond donors (Lipinski definition) is 0. The zero-order chi connectivity index (χ0) is 13.6. The van der Waals surface area contributed by atoms with Gasteiger partial charge in [-0.1, -0.05) is 45.5 Å². The first-order chi connectivity index (χ1) is 9.28. The van der Waals surface area contributed by atoms with Crippen LogP contribution in [0.1, 0.15) is 0 Å². The Morgan fingerprint density at radius 3 is 1.32 bits per heavy atom. The molecule has 0 atom stereocenters. The molecule has 0 aliphatic heterocycles. The molecule has 0 N–H and O–H groups in total. The highest BCUT2D eigenvalue weighted by Crippen LogP contribution is 2.22. The van der Waals surface area contributed by atoms with E-state index in [4.69, 9.17) is 8.85 Å². The highest BCUT2D eigenvalue weighted by Gasteiger charge is 2.56. The third-order valence-electron chi connectivity index (χ3n) is 2.16. The molecule has 0 aromatic heterocycles. The molecule has 0 aliphatic rings. The molecule has 2 aromatic carbocycles. The average Bonchev–Trinajstić information content (AvgIpc) is 2.48. The molecular weight excluding hydrogens is 274 g/mol. The van der Waals surface area contributed by atoms with Crippen LogP contribution >= 0.6 is 0 Å². The van der Waals surface area contributed by atoms with Gasteiger partial charge < -0.3 is 8.85 Å². The summed E-state index contributed by atoms with van der Waals surface area (Å²) in [6, 6.07) is 16.0. The maximum absolute atomic E-state index is 12.6. The molecule has 100 valence electrons. The first-order valence-corrected chi connectivity index (χ1v) is 6.99. The topological polar surface area (TPSA) is 36.9 Å². The van der Waals surface area contributed by atoms with Gasteiger partial charge in [-0.2, -0.15) is 0 Å². The van der Waals surface area contributed by atoms with Crippen molar-refractivity contribution in [1.82, 2.24) is 0 Å². The Kier molecular flexibility index (Phi) is 4.45. The number of para-hydroxylation sites is 2. The predicted molar refractivity (Wildman–Crippen MR) is 64.3 cm³/mol. The van der Waals surface area contributed by atoms with Crippen LogP contribution in [0.15, 0.2) is 60.7 Å². The van der Waals surface area contributed by atoms with Gasteiger partial charge in [0.2, 0.25) is 0 Å². The predicted octanol–water partition coefficient (Wildman–Crippen LogP) is 3.38. The molecule has 19 heavy (non-hydrogen) atoms. The Morgan fingerprint density at radius 1 is 0.632 bits per heavy atom. The van der Waals surface area contributed by atoms with Crippen LogP contribution in [-0.2, 0) is 9.26 Å². The van der Waals surface area contributed by atoms with Crippen molar-refractivity contribution >= 4 is 9.05 Å². The molecule has 4 nitrogen and oxygen atoms in total. The second-order valence-electron chi connectivity index (χ2n) is 3.48. The molecule has 0 radical (unpaired) electrons. The summed E-state index contributed by atoms with van der Waals surface area (Å²) in [4.78, 5) is 0. The van der Waals surface area contributed by atoms with Crippen LogP contribution in [0.3, 0.4) is 0 Å². The third kappa shape index (κ3) is 3.50. The summed E-state index contributed by atoms with van der Waals surface area (Å²) in [6.07, 6.45) is 0. The number of halogens is 2. The molecule has 0 fully saturated rings. The van der Waals surface area contributed by atoms with E-state index in [0.717, 1.165) is 0 Å². The number of benzene rings is 2. The highest BCUT2D eigenvalue weighted by atomic mass is 28.4. The maximum Gasteiger partial charge on any atom is 0.885 e. The van der Waals surface area contributed by atoms with E-state index < -0.39 is 9.05 Å². The number of rotatable bonds is 6. The van der Waals surface area contributed by atoms with Crippen molar-refractivity contribution in [3.63, 3.8) is 0 Å². The fraction of sp³-hybridized carbons (Fsp3) is 0. The molecule has 7 heteroatoms. The fourth-order valence-corrected chi connectivity index (χ4v) is 2.40. The van der Waals surface area contributed by atoms with E-state index in [1.54, 1.807) is 36.4 Å². The van der Waals surface area contributed by atoms with Gasteiger partial charge in [0.25, 0.3) is 0 Å². The lowest BCUT2D eigenvalue weighted by Crippen LogP contribution is -2.51. The molecule has 0 saturated heterocycles. The molecule has 0 unspecified atom stereocenters. The van der Waals surface area contributed by atoms with Gasteiger partial charge in [-0.05, 0) is 24.3 Å². The lowest BCUT2D eigenvalue weighted by molar-refractivity contribution is -0.179. The van der Waals surface area contributed by atoms with Crippen molar-refractivity contribution < 1.29 is 27.2 Å². The van der Waals surface area contributed by atoms with E-state index in [9.17, 15) is 9.05 Å². The van der Waals surface area contributed by atoms with Crippen molar-refractivity contribution in [2.45, 2.75) is 0 Å². The first-order valence-electron chi connectivity index (χ1n) is 5.35. The minimum atomic E-state index is -4.56. The third-order valence-corrected chi connectivity index (χ3v) is 3.51. The van der Waals surface area contributed by atoms with Crippen molar-refractivity contribution in [3.8, 4) is 11.5 Å². The van der Waals surface area contributed by atoms with E-state index in [-0.39, 0.29) is 11.5 Å². The molecular formula is C12H10F2O4Si. The molecule has 2 aromatic rings. The standard InChI is InChI=1S/C12H10F2O4Si/c13-17-19(18-14,15-11-7-3-1-4-8-11)16-12-9-5-2-6-10-12/h1-10H. The average molecular weight is 284 g/mol. The van der Waals surface area contributed by atoms with Gasteiger partial charge >= 0.3 is 9.05 Å². The first kappa shape index (κ1) is 13.5. The zero-order valence-corrected chi connectivity index (χ0v) is 10.7. The summed E-state index contributed by atoms with van der Waals surface area (Å²) < 4.78 is 42.3. The van der Waals surface area contributed by atoms with Crippen LogP contribution < -0.4 is 8.85 Å². The second-order valence-corrected chi connectivity index (χ2v) is 5.20. The van der Waals surface area contributed by atoms with Crippen molar-refractivity contribution in [2.75, 3.05) is 0 Å². The van der Waals surface area contributed by atoms with Gasteiger partial charge in [0.05, 0.1) is 0 Å². The van der Waals surface area contributed by atoms with Gasteiger partial charge in [-0.15, -0.1) is 9.26 Å². The van der Waals surface area contributed by atoms with Crippen LogP contribution in [0, 0.1) is 0 Å². The van der Waals surface area contributed by atoms with Gasteiger partial charge in [0, 0.05) is 0 Å².